The number of pyridine rings is 2. The van der Waals surface area contributed by atoms with Gasteiger partial charge in [-0.05, 0) is 6.07 Å². The van der Waals surface area contributed by atoms with Gasteiger partial charge in [0, 0.05) is 24.0 Å². The van der Waals surface area contributed by atoms with Crippen molar-refractivity contribution in [3.63, 3.8) is 0 Å². The van der Waals surface area contributed by atoms with Crippen molar-refractivity contribution in [1.82, 2.24) is 9.97 Å². The third-order valence-corrected chi connectivity index (χ3v) is 1.68. The topological polar surface area (TPSA) is 66.0 Å². The van der Waals surface area contributed by atoms with E-state index in [1.807, 2.05) is 0 Å². The number of hydrogen-bond acceptors (Lipinski definition) is 3. The van der Waals surface area contributed by atoms with Crippen LogP contribution in [0.15, 0.2) is 29.5 Å². The van der Waals surface area contributed by atoms with Crippen molar-refractivity contribution < 1.29 is 5.11 Å². The number of nitrogens with zero attached hydrogens (tertiary/aromatic N) is 1. The van der Waals surface area contributed by atoms with Crippen molar-refractivity contribution in [2.75, 3.05) is 0 Å². The molecule has 0 radical (unpaired) electrons. The second kappa shape index (κ2) is 2.34. The van der Waals surface area contributed by atoms with Crippen LogP contribution in [-0.2, 0) is 0 Å². The first-order chi connectivity index (χ1) is 5.79. The molecule has 0 saturated heterocycles. The van der Waals surface area contributed by atoms with Gasteiger partial charge in [-0.15, -0.1) is 0 Å². The van der Waals surface area contributed by atoms with Crippen LogP contribution in [0.3, 0.4) is 0 Å². The summed E-state index contributed by atoms with van der Waals surface area (Å²) >= 11 is 0. The van der Waals surface area contributed by atoms with E-state index in [4.69, 9.17) is 0 Å². The minimum Gasteiger partial charge on any atom is -0.506 e. The Balaban J connectivity index is 3.05. The third-order valence-electron chi connectivity index (χ3n) is 1.68. The van der Waals surface area contributed by atoms with Crippen LogP contribution in [0.1, 0.15) is 0 Å². The number of nitrogens with one attached hydrogen (secondary N) is 1. The lowest BCUT2D eigenvalue weighted by Crippen LogP contribution is -2.04. The zero-order valence-electron chi connectivity index (χ0n) is 6.11. The van der Waals surface area contributed by atoms with Gasteiger partial charge in [0.05, 0.1) is 5.39 Å². The Kier molecular flexibility index (Phi) is 1.33. The first kappa shape index (κ1) is 6.84. The molecular formula is C8H6N2O2. The summed E-state index contributed by atoms with van der Waals surface area (Å²) in [4.78, 5) is 17.3. The van der Waals surface area contributed by atoms with Crippen molar-refractivity contribution in [2.45, 2.75) is 0 Å². The van der Waals surface area contributed by atoms with Crippen LogP contribution in [0.2, 0.25) is 0 Å². The fourth-order valence-corrected chi connectivity index (χ4v) is 1.09. The summed E-state index contributed by atoms with van der Waals surface area (Å²) in [6.07, 6.45) is 4.23. The van der Waals surface area contributed by atoms with E-state index >= 15 is 0 Å². The van der Waals surface area contributed by atoms with E-state index in [2.05, 4.69) is 9.97 Å². The molecule has 0 saturated carbocycles. The summed E-state index contributed by atoms with van der Waals surface area (Å²) in [5.41, 5.74) is -0.217. The van der Waals surface area contributed by atoms with Crippen LogP contribution in [-0.4, -0.2) is 15.1 Å². The SMILES string of the molecule is O=c1[nH]cc(O)c2cnccc12. The van der Waals surface area contributed by atoms with E-state index in [1.165, 1.54) is 18.6 Å². The monoisotopic (exact) mass is 162 g/mol. The van der Waals surface area contributed by atoms with Gasteiger partial charge >= 0.3 is 0 Å². The van der Waals surface area contributed by atoms with Gasteiger partial charge in [-0.2, -0.15) is 0 Å². The zero-order valence-corrected chi connectivity index (χ0v) is 6.11. The lowest BCUT2D eigenvalue weighted by atomic mass is 10.2. The molecule has 0 unspecified atom stereocenters. The average molecular weight is 162 g/mol. The Morgan fingerprint density at radius 3 is 3.00 bits per heavy atom. The summed E-state index contributed by atoms with van der Waals surface area (Å²) in [7, 11) is 0. The van der Waals surface area contributed by atoms with E-state index < -0.39 is 0 Å². The molecule has 2 rings (SSSR count). The molecule has 0 bridgehead atoms. The van der Waals surface area contributed by atoms with E-state index in [-0.39, 0.29) is 11.3 Å². The van der Waals surface area contributed by atoms with Crippen molar-refractivity contribution in [2.24, 2.45) is 0 Å². The quantitative estimate of drug-likeness (QED) is 0.597. The highest BCUT2D eigenvalue weighted by Gasteiger charge is 2.01. The number of aromatic hydroxyl groups is 1. The number of rotatable bonds is 0. The maximum atomic E-state index is 11.1. The van der Waals surface area contributed by atoms with Gasteiger partial charge in [0.15, 0.2) is 0 Å². The van der Waals surface area contributed by atoms with Crippen LogP contribution in [0.25, 0.3) is 10.8 Å². The Hall–Kier alpha value is -1.84. The molecule has 2 aromatic heterocycles. The van der Waals surface area contributed by atoms with Gasteiger partial charge in [0.1, 0.15) is 5.75 Å². The van der Waals surface area contributed by atoms with Gasteiger partial charge in [0.2, 0.25) is 0 Å². The minimum absolute atomic E-state index is 0.0395. The molecule has 4 heteroatoms. The van der Waals surface area contributed by atoms with Crippen LogP contribution in [0.4, 0.5) is 0 Å². The lowest BCUT2D eigenvalue weighted by Gasteiger charge is -1.96. The molecule has 0 aromatic carbocycles. The largest absolute Gasteiger partial charge is 0.506 e. The molecule has 2 aromatic rings. The first-order valence-electron chi connectivity index (χ1n) is 3.43. The van der Waals surface area contributed by atoms with Crippen molar-refractivity contribution in [3.8, 4) is 5.75 Å². The maximum absolute atomic E-state index is 11.1. The highest BCUT2D eigenvalue weighted by atomic mass is 16.3. The highest BCUT2D eigenvalue weighted by molar-refractivity contribution is 5.85. The molecule has 0 aliphatic rings. The number of fused-ring (bicyclic) bond motifs is 1. The summed E-state index contributed by atoms with van der Waals surface area (Å²) < 4.78 is 0. The molecule has 0 atom stereocenters. The predicted molar refractivity (Wildman–Crippen MR) is 44.0 cm³/mol. The van der Waals surface area contributed by atoms with Gasteiger partial charge in [0.25, 0.3) is 5.56 Å². The third kappa shape index (κ3) is 0.852. The van der Waals surface area contributed by atoms with E-state index in [0.717, 1.165) is 0 Å². The number of aromatic amines is 1. The second-order valence-corrected chi connectivity index (χ2v) is 2.42. The predicted octanol–water partition coefficient (Wildman–Crippen LogP) is 0.629. The Morgan fingerprint density at radius 2 is 2.25 bits per heavy atom. The van der Waals surface area contributed by atoms with E-state index in [1.54, 1.807) is 6.07 Å². The highest BCUT2D eigenvalue weighted by Crippen LogP contribution is 2.17. The zero-order chi connectivity index (χ0) is 8.55. The van der Waals surface area contributed by atoms with Gasteiger partial charge in [-0.25, -0.2) is 0 Å². The van der Waals surface area contributed by atoms with Crippen molar-refractivity contribution in [3.05, 3.63) is 35.0 Å². The Morgan fingerprint density at radius 1 is 1.42 bits per heavy atom. The number of hydrogen-bond donors (Lipinski definition) is 2. The molecule has 2 N–H and O–H groups in total. The van der Waals surface area contributed by atoms with Crippen molar-refractivity contribution >= 4 is 10.8 Å². The number of aromatic nitrogens is 2. The molecule has 12 heavy (non-hydrogen) atoms. The smallest absolute Gasteiger partial charge is 0.256 e. The normalized spacial score (nSPS) is 10.3. The summed E-state index contributed by atoms with van der Waals surface area (Å²) in [5.74, 6) is 0.0395. The summed E-state index contributed by atoms with van der Waals surface area (Å²) in [6.45, 7) is 0. The molecule has 2 heterocycles. The summed E-state index contributed by atoms with van der Waals surface area (Å²) in [6, 6.07) is 1.56. The molecule has 0 amide bonds. The van der Waals surface area contributed by atoms with Crippen LogP contribution >= 0.6 is 0 Å². The molecule has 0 aliphatic heterocycles. The lowest BCUT2D eigenvalue weighted by molar-refractivity contribution is 0.479. The first-order valence-corrected chi connectivity index (χ1v) is 3.43. The van der Waals surface area contributed by atoms with Crippen LogP contribution < -0.4 is 5.56 Å². The van der Waals surface area contributed by atoms with Crippen molar-refractivity contribution in [1.29, 1.82) is 0 Å². The van der Waals surface area contributed by atoms with Gasteiger partial charge < -0.3 is 10.1 Å². The van der Waals surface area contributed by atoms with Gasteiger partial charge in [-0.3, -0.25) is 9.78 Å². The molecule has 0 spiro atoms. The van der Waals surface area contributed by atoms with Gasteiger partial charge in [-0.1, -0.05) is 0 Å². The molecular weight excluding hydrogens is 156 g/mol. The molecule has 0 aliphatic carbocycles. The van der Waals surface area contributed by atoms with Crippen LogP contribution in [0, 0.1) is 0 Å². The maximum Gasteiger partial charge on any atom is 0.256 e. The Labute approximate surface area is 67.5 Å². The average Bonchev–Trinajstić information content (AvgIpc) is 2.12. The fraction of sp³-hybridized carbons (Fsp3) is 0. The molecule has 0 fully saturated rings. The van der Waals surface area contributed by atoms with E-state index in [9.17, 15) is 9.90 Å². The summed E-state index contributed by atoms with van der Waals surface area (Å²) in [5, 5.41) is 10.2. The molecule has 4 nitrogen and oxygen atoms in total. The standard InChI is InChI=1S/C8H6N2O2/c11-7-4-10-8(12)5-1-2-9-3-6(5)7/h1-4,11H,(H,10,12). The van der Waals surface area contributed by atoms with Crippen LogP contribution in [0.5, 0.6) is 5.75 Å². The minimum atomic E-state index is -0.217. The number of H-pyrrole nitrogens is 1. The second-order valence-electron chi connectivity index (χ2n) is 2.42. The fourth-order valence-electron chi connectivity index (χ4n) is 1.09. The van der Waals surface area contributed by atoms with E-state index in [0.29, 0.717) is 10.8 Å². The molecule has 60 valence electrons. The Bertz CT molecular complexity index is 476.